The third kappa shape index (κ3) is 2.36. The summed E-state index contributed by atoms with van der Waals surface area (Å²) >= 11 is 3.05. The van der Waals surface area contributed by atoms with Crippen molar-refractivity contribution < 1.29 is 0 Å². The predicted octanol–water partition coefficient (Wildman–Crippen LogP) is 0.712. The molecule has 1 aromatic rings. The Balaban J connectivity index is 2.97. The van der Waals surface area contributed by atoms with E-state index in [1.807, 2.05) is 0 Å². The normalized spacial score (nSPS) is 9.71. The summed E-state index contributed by atoms with van der Waals surface area (Å²) in [6, 6.07) is 0. The number of aromatic amines is 1. The van der Waals surface area contributed by atoms with Crippen LogP contribution in [0.5, 0.6) is 0 Å². The van der Waals surface area contributed by atoms with Gasteiger partial charge in [-0.25, -0.2) is 4.79 Å². The first kappa shape index (κ1) is 10.8. The van der Waals surface area contributed by atoms with Gasteiger partial charge >= 0.3 is 5.69 Å². The van der Waals surface area contributed by atoms with Crippen LogP contribution >= 0.6 is 15.9 Å². The molecule has 0 unspecified atom stereocenters. The zero-order chi connectivity index (χ0) is 10.6. The van der Waals surface area contributed by atoms with E-state index in [-0.39, 0.29) is 5.56 Å². The van der Waals surface area contributed by atoms with Crippen molar-refractivity contribution in [3.63, 3.8) is 0 Å². The highest BCUT2D eigenvalue weighted by molar-refractivity contribution is 9.10. The highest BCUT2D eigenvalue weighted by Gasteiger charge is 2.03. The molecule has 0 radical (unpaired) electrons. The lowest BCUT2D eigenvalue weighted by Gasteiger charge is -2.02. The van der Waals surface area contributed by atoms with Crippen LogP contribution in [-0.2, 0) is 6.54 Å². The van der Waals surface area contributed by atoms with Gasteiger partial charge in [0.05, 0.1) is 4.47 Å². The summed E-state index contributed by atoms with van der Waals surface area (Å²) in [5, 5.41) is 0. The van der Waals surface area contributed by atoms with Crippen molar-refractivity contribution >= 4 is 15.9 Å². The number of terminal acetylenes is 1. The van der Waals surface area contributed by atoms with Gasteiger partial charge in [0.15, 0.2) is 0 Å². The Morgan fingerprint density at radius 3 is 2.93 bits per heavy atom. The van der Waals surface area contributed by atoms with Gasteiger partial charge in [0.2, 0.25) is 0 Å². The number of nitrogens with zero attached hydrogens (tertiary/aromatic N) is 1. The molecule has 1 heterocycles. The second-order valence-corrected chi connectivity index (χ2v) is 3.56. The van der Waals surface area contributed by atoms with Gasteiger partial charge in [0.1, 0.15) is 0 Å². The van der Waals surface area contributed by atoms with Crippen LogP contribution in [0.1, 0.15) is 12.8 Å². The minimum atomic E-state index is -0.407. The molecule has 0 fully saturated rings. The van der Waals surface area contributed by atoms with E-state index in [9.17, 15) is 9.59 Å². The highest BCUT2D eigenvalue weighted by Crippen LogP contribution is 1.97. The Morgan fingerprint density at radius 1 is 1.57 bits per heavy atom. The molecular weight excluding hydrogens is 248 g/mol. The van der Waals surface area contributed by atoms with Crippen molar-refractivity contribution in [1.82, 2.24) is 9.55 Å². The fourth-order valence-corrected chi connectivity index (χ4v) is 1.36. The number of hydrogen-bond donors (Lipinski definition) is 1. The van der Waals surface area contributed by atoms with Crippen molar-refractivity contribution in [2.24, 2.45) is 0 Å². The van der Waals surface area contributed by atoms with Crippen LogP contribution in [0.3, 0.4) is 0 Å². The molecule has 4 nitrogen and oxygen atoms in total. The molecule has 0 aliphatic heterocycles. The average molecular weight is 257 g/mol. The molecule has 0 amide bonds. The lowest BCUT2D eigenvalue weighted by molar-refractivity contribution is 0.596. The van der Waals surface area contributed by atoms with Crippen molar-refractivity contribution in [2.45, 2.75) is 19.4 Å². The Kier molecular flexibility index (Phi) is 3.72. The van der Waals surface area contributed by atoms with Gasteiger partial charge in [0.25, 0.3) is 5.56 Å². The van der Waals surface area contributed by atoms with Crippen LogP contribution in [0.15, 0.2) is 20.3 Å². The quantitative estimate of drug-likeness (QED) is 0.640. The summed E-state index contributed by atoms with van der Waals surface area (Å²) in [6.45, 7) is 0.345. The van der Waals surface area contributed by atoms with Gasteiger partial charge in [-0.1, -0.05) is 0 Å². The molecule has 0 spiro atoms. The molecular formula is C9H9BrN2O2. The van der Waals surface area contributed by atoms with E-state index in [1.165, 1.54) is 6.20 Å². The molecule has 0 saturated carbocycles. The van der Waals surface area contributed by atoms with Gasteiger partial charge in [0, 0.05) is 19.2 Å². The third-order valence-electron chi connectivity index (χ3n) is 1.72. The molecule has 14 heavy (non-hydrogen) atoms. The Labute approximate surface area is 89.1 Å². The summed E-state index contributed by atoms with van der Waals surface area (Å²) in [7, 11) is 0. The van der Waals surface area contributed by atoms with Gasteiger partial charge in [-0.05, 0) is 22.4 Å². The number of nitrogens with one attached hydrogen (secondary N) is 1. The van der Waals surface area contributed by atoms with Crippen molar-refractivity contribution in [1.29, 1.82) is 0 Å². The Morgan fingerprint density at radius 2 is 2.29 bits per heavy atom. The zero-order valence-electron chi connectivity index (χ0n) is 7.42. The minimum Gasteiger partial charge on any atom is -0.313 e. The lowest BCUT2D eigenvalue weighted by atomic mass is 10.3. The van der Waals surface area contributed by atoms with Crippen LogP contribution in [0, 0.1) is 12.3 Å². The summed E-state index contributed by atoms with van der Waals surface area (Å²) < 4.78 is 1.47. The molecule has 1 rings (SSSR count). The van der Waals surface area contributed by atoms with Gasteiger partial charge < -0.3 is 4.98 Å². The van der Waals surface area contributed by atoms with E-state index in [4.69, 9.17) is 6.42 Å². The first-order valence-corrected chi connectivity index (χ1v) is 4.87. The smallest absolute Gasteiger partial charge is 0.313 e. The first-order chi connectivity index (χ1) is 6.66. The minimum absolute atomic E-state index is 0.328. The Hall–Kier alpha value is -1.28. The van der Waals surface area contributed by atoms with E-state index < -0.39 is 5.69 Å². The van der Waals surface area contributed by atoms with E-state index in [0.717, 1.165) is 4.57 Å². The molecule has 0 atom stereocenters. The largest absolute Gasteiger partial charge is 0.328 e. The lowest BCUT2D eigenvalue weighted by Crippen LogP contribution is -2.35. The monoisotopic (exact) mass is 256 g/mol. The number of aromatic nitrogens is 2. The number of unbranched alkanes of at least 4 members (excludes halogenated alkanes) is 1. The Bertz CT molecular complexity index is 467. The van der Waals surface area contributed by atoms with Crippen LogP contribution < -0.4 is 11.2 Å². The third-order valence-corrected chi connectivity index (χ3v) is 2.29. The van der Waals surface area contributed by atoms with Crippen LogP contribution in [0.4, 0.5) is 0 Å². The van der Waals surface area contributed by atoms with E-state index in [1.54, 1.807) is 0 Å². The first-order valence-electron chi connectivity index (χ1n) is 4.08. The van der Waals surface area contributed by atoms with Gasteiger partial charge in [-0.15, -0.1) is 12.3 Å². The molecule has 0 saturated heterocycles. The predicted molar refractivity (Wildman–Crippen MR) is 57.1 cm³/mol. The number of hydrogen-bond acceptors (Lipinski definition) is 2. The van der Waals surface area contributed by atoms with E-state index in [0.29, 0.717) is 23.9 Å². The number of rotatable bonds is 3. The van der Waals surface area contributed by atoms with E-state index in [2.05, 4.69) is 26.8 Å². The van der Waals surface area contributed by atoms with E-state index >= 15 is 0 Å². The molecule has 0 aromatic carbocycles. The van der Waals surface area contributed by atoms with Crippen LogP contribution in [0.2, 0.25) is 0 Å². The second-order valence-electron chi connectivity index (χ2n) is 2.71. The molecule has 0 aliphatic carbocycles. The standard InChI is InChI=1S/C9H9BrN2O2/c1-2-3-4-5-12-8(13)7(10)6-11-9(12)14/h1,6H,3-5H2,(H,11,14). The molecule has 5 heteroatoms. The van der Waals surface area contributed by atoms with Crippen molar-refractivity contribution in [3.05, 3.63) is 31.5 Å². The fourth-order valence-electron chi connectivity index (χ4n) is 1.03. The number of H-pyrrole nitrogens is 1. The maximum Gasteiger partial charge on any atom is 0.328 e. The molecule has 74 valence electrons. The molecule has 1 N–H and O–H groups in total. The summed E-state index contributed by atoms with van der Waals surface area (Å²) in [4.78, 5) is 25.1. The summed E-state index contributed by atoms with van der Waals surface area (Å²) in [6.07, 6.45) is 7.58. The average Bonchev–Trinajstić information content (AvgIpc) is 2.18. The summed E-state index contributed by atoms with van der Waals surface area (Å²) in [5.74, 6) is 2.45. The zero-order valence-corrected chi connectivity index (χ0v) is 9.00. The van der Waals surface area contributed by atoms with Gasteiger partial charge in [-0.3, -0.25) is 9.36 Å². The number of halogens is 1. The fraction of sp³-hybridized carbons (Fsp3) is 0.333. The van der Waals surface area contributed by atoms with Crippen molar-refractivity contribution in [3.8, 4) is 12.3 Å². The highest BCUT2D eigenvalue weighted by atomic mass is 79.9. The molecule has 0 bridgehead atoms. The maximum atomic E-state index is 11.4. The molecule has 1 aromatic heterocycles. The topological polar surface area (TPSA) is 54.9 Å². The van der Waals surface area contributed by atoms with Crippen LogP contribution in [-0.4, -0.2) is 9.55 Å². The second kappa shape index (κ2) is 4.82. The van der Waals surface area contributed by atoms with Crippen molar-refractivity contribution in [2.75, 3.05) is 0 Å². The van der Waals surface area contributed by atoms with Gasteiger partial charge in [-0.2, -0.15) is 0 Å². The maximum absolute atomic E-state index is 11.4. The van der Waals surface area contributed by atoms with Crippen LogP contribution in [0.25, 0.3) is 0 Å². The summed E-state index contributed by atoms with van der Waals surface area (Å²) in [5.41, 5.74) is -0.735. The SMILES string of the molecule is C#CCCCn1c(=O)[nH]cc(Br)c1=O. The molecule has 0 aliphatic rings.